The lowest BCUT2D eigenvalue weighted by molar-refractivity contribution is -0.125. The maximum absolute atomic E-state index is 11.8. The van der Waals surface area contributed by atoms with Crippen LogP contribution in [-0.4, -0.2) is 17.0 Å². The number of ketones is 1. The van der Waals surface area contributed by atoms with Crippen LogP contribution in [0.3, 0.4) is 0 Å². The molecule has 0 radical (unpaired) electrons. The minimum absolute atomic E-state index is 0.0745. The zero-order valence-electron chi connectivity index (χ0n) is 9.76. The molecule has 1 atom stereocenters. The predicted octanol–water partition coefficient (Wildman–Crippen LogP) is 2.21. The lowest BCUT2D eigenvalue weighted by Crippen LogP contribution is -2.25. The maximum Gasteiger partial charge on any atom is 0.234 e. The van der Waals surface area contributed by atoms with Gasteiger partial charge in [-0.15, -0.1) is 0 Å². The van der Waals surface area contributed by atoms with Gasteiger partial charge in [0.05, 0.1) is 12.5 Å². The molecule has 4 nitrogen and oxygen atoms in total. The molecule has 0 saturated carbocycles. The molecule has 0 aliphatic heterocycles. The van der Waals surface area contributed by atoms with E-state index in [1.54, 1.807) is 6.92 Å². The Hall–Kier alpha value is -2.07. The zero-order chi connectivity index (χ0) is 13.3. The second-order valence-corrected chi connectivity index (χ2v) is 2.79. The number of aliphatic hydroxyl groups excluding tert-OH is 1. The van der Waals surface area contributed by atoms with Gasteiger partial charge in [-0.25, -0.2) is 0 Å². The largest absolute Gasteiger partial charge is 0.467 e. The van der Waals surface area contributed by atoms with Crippen LogP contribution >= 0.6 is 0 Å². The van der Waals surface area contributed by atoms with Crippen molar-refractivity contribution >= 4 is 5.78 Å². The summed E-state index contributed by atoms with van der Waals surface area (Å²) in [7, 11) is 0. The molecule has 0 aliphatic carbocycles. The van der Waals surface area contributed by atoms with Crippen molar-refractivity contribution in [1.29, 1.82) is 0 Å². The minimum Gasteiger partial charge on any atom is -0.467 e. The summed E-state index contributed by atoms with van der Waals surface area (Å²) in [6.45, 7) is 11.7. The van der Waals surface area contributed by atoms with Crippen molar-refractivity contribution in [3.8, 4) is 0 Å². The summed E-state index contributed by atoms with van der Waals surface area (Å²) < 4.78 is 9.77. The molecular weight excluding hydrogens is 220 g/mol. The fraction of sp³-hybridized carbons (Fsp3) is 0.154. The first-order valence-electron chi connectivity index (χ1n) is 4.88. The number of rotatable bonds is 8. The highest BCUT2D eigenvalue weighted by molar-refractivity contribution is 5.98. The van der Waals surface area contributed by atoms with Crippen molar-refractivity contribution in [3.05, 3.63) is 62.0 Å². The van der Waals surface area contributed by atoms with Gasteiger partial charge in [0.15, 0.2) is 11.9 Å². The summed E-state index contributed by atoms with van der Waals surface area (Å²) in [6.07, 6.45) is 4.91. The predicted molar refractivity (Wildman–Crippen MR) is 65.6 cm³/mol. The number of carbonyl (C=O) groups is 1. The zero-order valence-corrected chi connectivity index (χ0v) is 9.76. The Morgan fingerprint density at radius 1 is 1.24 bits per heavy atom. The summed E-state index contributed by atoms with van der Waals surface area (Å²) in [5.74, 6) is -0.651. The molecule has 0 fully saturated rings. The third-order valence-electron chi connectivity index (χ3n) is 1.74. The first-order valence-corrected chi connectivity index (χ1v) is 4.88. The van der Waals surface area contributed by atoms with Crippen LogP contribution in [0.5, 0.6) is 0 Å². The van der Waals surface area contributed by atoms with Gasteiger partial charge in [-0.05, 0) is 19.1 Å². The van der Waals surface area contributed by atoms with Crippen molar-refractivity contribution in [2.24, 2.45) is 0 Å². The standard InChI is InChI=1S/C13H16O4/c1-5-9-11(17-8-4)13(15)12(14)10(6-2)16-7-3/h5-9,12,14H,1,3-4H2,2H3/b10-6-,11-9-. The molecule has 4 heteroatoms. The Bertz CT molecular complexity index is 364. The molecule has 0 amide bonds. The molecule has 0 spiro atoms. The van der Waals surface area contributed by atoms with Crippen LogP contribution in [0.15, 0.2) is 62.0 Å². The van der Waals surface area contributed by atoms with Gasteiger partial charge in [-0.1, -0.05) is 25.8 Å². The third-order valence-corrected chi connectivity index (χ3v) is 1.74. The van der Waals surface area contributed by atoms with Crippen molar-refractivity contribution < 1.29 is 19.4 Å². The van der Waals surface area contributed by atoms with Gasteiger partial charge in [0, 0.05) is 0 Å². The highest BCUT2D eigenvalue weighted by atomic mass is 16.5. The average molecular weight is 236 g/mol. The molecule has 92 valence electrons. The van der Waals surface area contributed by atoms with Crippen LogP contribution in [-0.2, 0) is 14.3 Å². The van der Waals surface area contributed by atoms with Crippen LogP contribution < -0.4 is 0 Å². The van der Waals surface area contributed by atoms with Crippen molar-refractivity contribution in [1.82, 2.24) is 0 Å². The van der Waals surface area contributed by atoms with Gasteiger partial charge in [0.1, 0.15) is 5.76 Å². The van der Waals surface area contributed by atoms with E-state index in [-0.39, 0.29) is 11.5 Å². The molecule has 0 heterocycles. The molecule has 0 bridgehead atoms. The fourth-order valence-corrected chi connectivity index (χ4v) is 1.03. The molecular formula is C13H16O4. The highest BCUT2D eigenvalue weighted by Crippen LogP contribution is 2.12. The molecule has 0 aliphatic rings. The third kappa shape index (κ3) is 4.53. The van der Waals surface area contributed by atoms with Gasteiger partial charge in [0.2, 0.25) is 5.78 Å². The highest BCUT2D eigenvalue weighted by Gasteiger charge is 2.24. The second kappa shape index (κ2) is 8.13. The number of hydrogen-bond acceptors (Lipinski definition) is 4. The van der Waals surface area contributed by atoms with Crippen molar-refractivity contribution in [2.45, 2.75) is 13.0 Å². The van der Waals surface area contributed by atoms with E-state index in [0.29, 0.717) is 0 Å². The molecule has 17 heavy (non-hydrogen) atoms. The number of Topliss-reactive ketones (excluding diaryl/α,β-unsaturated/α-hetero) is 1. The van der Waals surface area contributed by atoms with Gasteiger partial charge >= 0.3 is 0 Å². The first kappa shape index (κ1) is 14.9. The quantitative estimate of drug-likeness (QED) is 0.399. The summed E-state index contributed by atoms with van der Waals surface area (Å²) >= 11 is 0. The summed E-state index contributed by atoms with van der Waals surface area (Å²) in [4.78, 5) is 11.8. The second-order valence-electron chi connectivity index (χ2n) is 2.79. The fourth-order valence-electron chi connectivity index (χ4n) is 1.03. The molecule has 0 aromatic rings. The molecule has 0 aromatic heterocycles. The van der Waals surface area contributed by atoms with Crippen LogP contribution in [0.4, 0.5) is 0 Å². The van der Waals surface area contributed by atoms with Crippen LogP contribution in [0.1, 0.15) is 6.92 Å². The van der Waals surface area contributed by atoms with Gasteiger partial charge in [-0.3, -0.25) is 4.79 Å². The van der Waals surface area contributed by atoms with Crippen molar-refractivity contribution in [3.63, 3.8) is 0 Å². The number of carbonyl (C=O) groups excluding carboxylic acids is 1. The topological polar surface area (TPSA) is 55.8 Å². The molecule has 0 saturated heterocycles. The molecule has 1 unspecified atom stereocenters. The molecule has 0 aromatic carbocycles. The number of hydrogen-bond donors (Lipinski definition) is 1. The Morgan fingerprint density at radius 2 is 1.82 bits per heavy atom. The maximum atomic E-state index is 11.8. The lowest BCUT2D eigenvalue weighted by Gasteiger charge is -2.13. The van der Waals surface area contributed by atoms with Crippen molar-refractivity contribution in [2.75, 3.05) is 0 Å². The number of aliphatic hydroxyl groups is 1. The number of ether oxygens (including phenoxy) is 2. The van der Waals surface area contributed by atoms with Crippen LogP contribution in [0.25, 0.3) is 0 Å². The van der Waals surface area contributed by atoms with E-state index in [4.69, 9.17) is 9.47 Å². The first-order chi connectivity index (χ1) is 8.12. The molecule has 1 N–H and O–H groups in total. The van der Waals surface area contributed by atoms with E-state index in [9.17, 15) is 9.90 Å². The smallest absolute Gasteiger partial charge is 0.234 e. The van der Waals surface area contributed by atoms with Crippen LogP contribution in [0, 0.1) is 0 Å². The normalized spacial score (nSPS) is 13.5. The Balaban J connectivity index is 4.99. The van der Waals surface area contributed by atoms with E-state index in [1.165, 1.54) is 18.2 Å². The van der Waals surface area contributed by atoms with Gasteiger partial charge in [-0.2, -0.15) is 0 Å². The van der Waals surface area contributed by atoms with E-state index >= 15 is 0 Å². The van der Waals surface area contributed by atoms with Gasteiger partial charge < -0.3 is 14.6 Å². The summed E-state index contributed by atoms with van der Waals surface area (Å²) in [6, 6.07) is 0. The Morgan fingerprint density at radius 3 is 2.24 bits per heavy atom. The van der Waals surface area contributed by atoms with E-state index in [1.807, 2.05) is 0 Å². The SMILES string of the molecule is C=C/C=C(\OC=C)C(=O)C(O)/C(=C/C)OC=C. The summed E-state index contributed by atoms with van der Waals surface area (Å²) in [5, 5.41) is 9.75. The number of allylic oxidation sites excluding steroid dienone is 3. The van der Waals surface area contributed by atoms with E-state index < -0.39 is 11.9 Å². The summed E-state index contributed by atoms with van der Waals surface area (Å²) in [5.41, 5.74) is 0. The Kier molecular flexibility index (Phi) is 7.14. The lowest BCUT2D eigenvalue weighted by atomic mass is 10.1. The Labute approximate surface area is 101 Å². The molecule has 0 rings (SSSR count). The van der Waals surface area contributed by atoms with E-state index in [0.717, 1.165) is 12.5 Å². The monoisotopic (exact) mass is 236 g/mol. The van der Waals surface area contributed by atoms with Gasteiger partial charge in [0.25, 0.3) is 0 Å². The minimum atomic E-state index is -1.45. The van der Waals surface area contributed by atoms with E-state index in [2.05, 4.69) is 19.7 Å². The average Bonchev–Trinajstić information content (AvgIpc) is 2.34. The van der Waals surface area contributed by atoms with Crippen LogP contribution in [0.2, 0.25) is 0 Å².